The lowest BCUT2D eigenvalue weighted by molar-refractivity contribution is -0.127. The Morgan fingerprint density at radius 3 is 2.42 bits per heavy atom. The summed E-state index contributed by atoms with van der Waals surface area (Å²) in [5, 5.41) is 2.76. The number of ether oxygens (including phenoxy) is 2. The van der Waals surface area contributed by atoms with Crippen LogP contribution in [0.1, 0.15) is 11.1 Å². The molecule has 0 aromatic heterocycles. The molecule has 6 nitrogen and oxygen atoms in total. The lowest BCUT2D eigenvalue weighted by Crippen LogP contribution is -2.32. The second kappa shape index (κ2) is 7.78. The Kier molecular flexibility index (Phi) is 5.46. The van der Waals surface area contributed by atoms with Crippen LogP contribution in [0.15, 0.2) is 46.9 Å². The lowest BCUT2D eigenvalue weighted by atomic mass is 10.1. The number of rotatable bonds is 6. The highest BCUT2D eigenvalue weighted by Gasteiger charge is 2.38. The van der Waals surface area contributed by atoms with Crippen molar-refractivity contribution in [3.8, 4) is 11.5 Å². The van der Waals surface area contributed by atoms with E-state index >= 15 is 0 Å². The van der Waals surface area contributed by atoms with Crippen molar-refractivity contribution in [3.63, 3.8) is 0 Å². The SMILES string of the molecule is COc1cc(CN2C(=O)N[C@@H](Cc3ccccc3)C2=O)c(OC)cc1Br. The fourth-order valence-electron chi connectivity index (χ4n) is 2.93. The summed E-state index contributed by atoms with van der Waals surface area (Å²) in [4.78, 5) is 26.2. The summed E-state index contributed by atoms with van der Waals surface area (Å²) in [6, 6.07) is 12.2. The van der Waals surface area contributed by atoms with Gasteiger partial charge in [0.1, 0.15) is 17.5 Å². The number of halogens is 1. The molecular weight excluding hydrogens is 400 g/mol. The molecule has 0 spiro atoms. The zero-order valence-corrected chi connectivity index (χ0v) is 16.1. The van der Waals surface area contributed by atoms with Gasteiger partial charge in [-0.15, -0.1) is 0 Å². The van der Waals surface area contributed by atoms with E-state index in [1.54, 1.807) is 26.4 Å². The first-order chi connectivity index (χ1) is 12.5. The first kappa shape index (κ1) is 18.3. The summed E-state index contributed by atoms with van der Waals surface area (Å²) >= 11 is 3.40. The molecule has 0 radical (unpaired) electrons. The molecule has 0 saturated carbocycles. The van der Waals surface area contributed by atoms with Gasteiger partial charge in [0.25, 0.3) is 5.91 Å². The molecule has 3 amide bonds. The molecule has 1 heterocycles. The summed E-state index contributed by atoms with van der Waals surface area (Å²) in [6.07, 6.45) is 0.461. The maximum atomic E-state index is 12.7. The number of methoxy groups -OCH3 is 2. The van der Waals surface area contributed by atoms with Crippen LogP contribution in [-0.2, 0) is 17.8 Å². The highest BCUT2D eigenvalue weighted by atomic mass is 79.9. The normalized spacial score (nSPS) is 16.6. The van der Waals surface area contributed by atoms with Gasteiger partial charge < -0.3 is 14.8 Å². The highest BCUT2D eigenvalue weighted by molar-refractivity contribution is 9.10. The number of carbonyl (C=O) groups excluding carboxylic acids is 2. The predicted molar refractivity (Wildman–Crippen MR) is 100 cm³/mol. The molecule has 1 N–H and O–H groups in total. The number of hydrogen-bond acceptors (Lipinski definition) is 4. The summed E-state index contributed by atoms with van der Waals surface area (Å²) in [5.74, 6) is 0.932. The summed E-state index contributed by atoms with van der Waals surface area (Å²) in [6.45, 7) is 0.114. The molecule has 0 aliphatic carbocycles. The van der Waals surface area contributed by atoms with Gasteiger partial charge in [-0.2, -0.15) is 0 Å². The Bertz CT molecular complexity index is 826. The topological polar surface area (TPSA) is 67.9 Å². The van der Waals surface area contributed by atoms with Crippen molar-refractivity contribution in [2.75, 3.05) is 14.2 Å². The van der Waals surface area contributed by atoms with E-state index in [2.05, 4.69) is 21.2 Å². The van der Waals surface area contributed by atoms with Gasteiger partial charge in [0.15, 0.2) is 0 Å². The van der Waals surface area contributed by atoms with Crippen LogP contribution in [0.2, 0.25) is 0 Å². The monoisotopic (exact) mass is 418 g/mol. The van der Waals surface area contributed by atoms with Crippen molar-refractivity contribution < 1.29 is 19.1 Å². The quantitative estimate of drug-likeness (QED) is 0.731. The minimum absolute atomic E-state index is 0.114. The minimum atomic E-state index is -0.562. The lowest BCUT2D eigenvalue weighted by Gasteiger charge is -2.17. The van der Waals surface area contributed by atoms with Crippen LogP contribution in [0.5, 0.6) is 11.5 Å². The number of urea groups is 1. The molecule has 0 bridgehead atoms. The Morgan fingerprint density at radius 2 is 1.77 bits per heavy atom. The van der Waals surface area contributed by atoms with E-state index in [1.165, 1.54) is 4.90 Å². The van der Waals surface area contributed by atoms with Gasteiger partial charge in [-0.05, 0) is 33.6 Å². The number of benzene rings is 2. The van der Waals surface area contributed by atoms with E-state index in [1.807, 2.05) is 30.3 Å². The Labute approximate surface area is 160 Å². The van der Waals surface area contributed by atoms with Crippen molar-refractivity contribution in [1.29, 1.82) is 0 Å². The first-order valence-corrected chi connectivity index (χ1v) is 8.89. The largest absolute Gasteiger partial charge is 0.496 e. The van der Waals surface area contributed by atoms with E-state index < -0.39 is 12.1 Å². The molecule has 3 rings (SSSR count). The molecular formula is C19H19BrN2O4. The van der Waals surface area contributed by atoms with E-state index in [0.29, 0.717) is 23.5 Å². The Balaban J connectivity index is 1.80. The number of carbonyl (C=O) groups is 2. The molecule has 2 aromatic rings. The van der Waals surface area contributed by atoms with Crippen LogP contribution < -0.4 is 14.8 Å². The maximum Gasteiger partial charge on any atom is 0.325 e. The molecule has 1 atom stereocenters. The third-order valence-electron chi connectivity index (χ3n) is 4.27. The number of nitrogens with one attached hydrogen (secondary N) is 1. The van der Waals surface area contributed by atoms with Crippen molar-refractivity contribution in [2.24, 2.45) is 0 Å². The standard InChI is InChI=1S/C19H19BrN2O4/c1-25-16-10-14(20)17(26-2)9-13(16)11-22-18(23)15(21-19(22)24)8-12-6-4-3-5-7-12/h3-7,9-10,15H,8,11H2,1-2H3,(H,21,24)/t15-/m0/s1. The zero-order valence-electron chi connectivity index (χ0n) is 14.5. The Hall–Kier alpha value is -2.54. The van der Waals surface area contributed by atoms with E-state index in [9.17, 15) is 9.59 Å². The Morgan fingerprint density at radius 1 is 1.08 bits per heavy atom. The van der Waals surface area contributed by atoms with E-state index in [4.69, 9.17) is 9.47 Å². The van der Waals surface area contributed by atoms with E-state index in [-0.39, 0.29) is 12.5 Å². The van der Waals surface area contributed by atoms with Crippen molar-refractivity contribution in [1.82, 2.24) is 10.2 Å². The minimum Gasteiger partial charge on any atom is -0.496 e. The molecule has 0 unspecified atom stereocenters. The van der Waals surface area contributed by atoms with Crippen LogP contribution >= 0.6 is 15.9 Å². The predicted octanol–water partition coefficient (Wildman–Crippen LogP) is 3.13. The molecule has 1 aliphatic rings. The van der Waals surface area contributed by atoms with Crippen LogP contribution in [-0.4, -0.2) is 37.1 Å². The fourth-order valence-corrected chi connectivity index (χ4v) is 3.42. The van der Waals surface area contributed by atoms with Crippen LogP contribution in [0.4, 0.5) is 4.79 Å². The summed E-state index contributed by atoms with van der Waals surface area (Å²) < 4.78 is 11.4. The van der Waals surface area contributed by atoms with Crippen LogP contribution in [0.3, 0.4) is 0 Å². The molecule has 1 aliphatic heterocycles. The van der Waals surface area contributed by atoms with Crippen molar-refractivity contribution in [2.45, 2.75) is 19.0 Å². The highest BCUT2D eigenvalue weighted by Crippen LogP contribution is 2.34. The second-order valence-corrected chi connectivity index (χ2v) is 6.77. The van der Waals surface area contributed by atoms with Gasteiger partial charge in [-0.25, -0.2) is 4.79 Å². The summed E-state index contributed by atoms with van der Waals surface area (Å²) in [5.41, 5.74) is 1.69. The number of hydrogen-bond donors (Lipinski definition) is 1. The summed E-state index contributed by atoms with van der Waals surface area (Å²) in [7, 11) is 3.10. The number of amides is 3. The zero-order chi connectivity index (χ0) is 18.7. The molecule has 136 valence electrons. The number of nitrogens with zero attached hydrogens (tertiary/aromatic N) is 1. The van der Waals surface area contributed by atoms with Gasteiger partial charge in [0.2, 0.25) is 0 Å². The average molecular weight is 419 g/mol. The van der Waals surface area contributed by atoms with Crippen molar-refractivity contribution in [3.05, 3.63) is 58.1 Å². The van der Waals surface area contributed by atoms with Crippen molar-refractivity contribution >= 4 is 27.9 Å². The van der Waals surface area contributed by atoms with Crippen LogP contribution in [0, 0.1) is 0 Å². The second-order valence-electron chi connectivity index (χ2n) is 5.91. The third kappa shape index (κ3) is 3.67. The molecule has 26 heavy (non-hydrogen) atoms. The number of imide groups is 1. The van der Waals surface area contributed by atoms with Crippen LogP contribution in [0.25, 0.3) is 0 Å². The van der Waals surface area contributed by atoms with E-state index in [0.717, 1.165) is 10.0 Å². The third-order valence-corrected chi connectivity index (χ3v) is 4.89. The fraction of sp³-hybridized carbons (Fsp3) is 0.263. The smallest absolute Gasteiger partial charge is 0.325 e. The molecule has 7 heteroatoms. The molecule has 1 fully saturated rings. The molecule has 2 aromatic carbocycles. The maximum absolute atomic E-state index is 12.7. The van der Waals surface area contributed by atoms with Gasteiger partial charge in [0.05, 0.1) is 25.2 Å². The first-order valence-electron chi connectivity index (χ1n) is 8.09. The molecule has 1 saturated heterocycles. The van der Waals surface area contributed by atoms with Gasteiger partial charge >= 0.3 is 6.03 Å². The van der Waals surface area contributed by atoms with Gasteiger partial charge in [-0.3, -0.25) is 9.69 Å². The van der Waals surface area contributed by atoms with Gasteiger partial charge in [-0.1, -0.05) is 30.3 Å². The average Bonchev–Trinajstić information content (AvgIpc) is 2.90. The van der Waals surface area contributed by atoms with Gasteiger partial charge in [0, 0.05) is 12.0 Å².